The number of hydrogen-bond donors (Lipinski definition) is 0. The van der Waals surface area contributed by atoms with E-state index in [1.807, 2.05) is 0 Å². The maximum Gasteiger partial charge on any atom is 0.328 e. The molecule has 0 aromatic heterocycles. The normalized spacial score (nSPS) is 15.7. The van der Waals surface area contributed by atoms with E-state index in [-0.39, 0.29) is 17.9 Å². The summed E-state index contributed by atoms with van der Waals surface area (Å²) in [5.41, 5.74) is 0. The lowest BCUT2D eigenvalue weighted by Crippen LogP contribution is -2.41. The summed E-state index contributed by atoms with van der Waals surface area (Å²) < 4.78 is 5.54. The average molecular weight is 480 g/mol. The lowest BCUT2D eigenvalue weighted by Gasteiger charge is -2.23. The van der Waals surface area contributed by atoms with Crippen molar-refractivity contribution in [2.45, 2.75) is 168 Å². The number of rotatable bonds is 23. The van der Waals surface area contributed by atoms with E-state index < -0.39 is 0 Å². The number of nitrogens with zero attached hydrogens (tertiary/aromatic N) is 1. The number of esters is 1. The average Bonchev–Trinajstić information content (AvgIpc) is 3.34. The topological polar surface area (TPSA) is 46.6 Å². The molecule has 1 amide bonds. The van der Waals surface area contributed by atoms with Gasteiger partial charge < -0.3 is 9.64 Å². The van der Waals surface area contributed by atoms with Crippen LogP contribution in [0.4, 0.5) is 0 Å². The predicted molar refractivity (Wildman–Crippen MR) is 144 cm³/mol. The summed E-state index contributed by atoms with van der Waals surface area (Å²) >= 11 is 0. The second-order valence-electron chi connectivity index (χ2n) is 10.5. The van der Waals surface area contributed by atoms with Gasteiger partial charge in [-0.05, 0) is 25.7 Å². The smallest absolute Gasteiger partial charge is 0.328 e. The fourth-order valence-electron chi connectivity index (χ4n) is 5.08. The van der Waals surface area contributed by atoms with Gasteiger partial charge >= 0.3 is 5.97 Å². The molecule has 1 aliphatic rings. The first kappa shape index (κ1) is 31.0. The van der Waals surface area contributed by atoms with E-state index in [4.69, 9.17) is 4.74 Å². The number of hydrogen-bond acceptors (Lipinski definition) is 3. The summed E-state index contributed by atoms with van der Waals surface area (Å²) in [6, 6.07) is -0.334. The van der Waals surface area contributed by atoms with Crippen molar-refractivity contribution in [1.82, 2.24) is 4.90 Å². The first-order chi connectivity index (χ1) is 16.7. The summed E-state index contributed by atoms with van der Waals surface area (Å²) in [7, 11) is 0. The van der Waals surface area contributed by atoms with Gasteiger partial charge in [0.15, 0.2) is 0 Å². The minimum atomic E-state index is -0.334. The summed E-state index contributed by atoms with van der Waals surface area (Å²) in [5, 5.41) is 0. The van der Waals surface area contributed by atoms with Crippen LogP contribution in [-0.2, 0) is 14.3 Å². The fourth-order valence-corrected chi connectivity index (χ4v) is 5.08. The van der Waals surface area contributed by atoms with Crippen molar-refractivity contribution < 1.29 is 14.3 Å². The van der Waals surface area contributed by atoms with Crippen molar-refractivity contribution >= 4 is 11.9 Å². The van der Waals surface area contributed by atoms with Gasteiger partial charge in [-0.25, -0.2) is 4.79 Å². The van der Waals surface area contributed by atoms with E-state index in [2.05, 4.69) is 13.8 Å². The van der Waals surface area contributed by atoms with Crippen LogP contribution in [0.15, 0.2) is 0 Å². The molecule has 0 aromatic rings. The Morgan fingerprint density at radius 1 is 0.647 bits per heavy atom. The molecule has 1 heterocycles. The minimum absolute atomic E-state index is 0.142. The van der Waals surface area contributed by atoms with Crippen LogP contribution in [0.1, 0.15) is 162 Å². The van der Waals surface area contributed by atoms with E-state index in [0.717, 1.165) is 38.5 Å². The van der Waals surface area contributed by atoms with E-state index in [1.54, 1.807) is 4.90 Å². The highest BCUT2D eigenvalue weighted by Crippen LogP contribution is 2.21. The Balaban J connectivity index is 1.94. The zero-order valence-electron chi connectivity index (χ0n) is 22.9. The standard InChI is InChI=1S/C30H57NO3/c1-3-5-7-9-10-11-12-13-14-15-16-17-18-20-22-27-34-30(33)28-24-23-26-31(28)29(32)25-21-19-8-6-4-2/h28H,3-27H2,1-2H3. The molecule has 1 saturated heterocycles. The molecule has 1 aliphatic heterocycles. The molecule has 1 fully saturated rings. The second-order valence-corrected chi connectivity index (χ2v) is 10.5. The number of likely N-dealkylation sites (tertiary alicyclic amines) is 1. The SMILES string of the molecule is CCCCCCCCCCCCCCCCCOC(=O)C1CCCN1C(=O)CCCCCCC. The van der Waals surface area contributed by atoms with Gasteiger partial charge in [0.2, 0.25) is 5.91 Å². The number of unbranched alkanes of at least 4 members (excludes halogenated alkanes) is 18. The molecule has 1 unspecified atom stereocenters. The molecule has 0 bridgehead atoms. The lowest BCUT2D eigenvalue weighted by atomic mass is 10.0. The molecule has 4 nitrogen and oxygen atoms in total. The van der Waals surface area contributed by atoms with E-state index in [0.29, 0.717) is 19.6 Å². The molecule has 1 rings (SSSR count). The molecule has 0 aliphatic carbocycles. The Morgan fingerprint density at radius 3 is 1.59 bits per heavy atom. The molecule has 0 saturated carbocycles. The number of amides is 1. The second kappa shape index (κ2) is 22.4. The van der Waals surface area contributed by atoms with Crippen molar-refractivity contribution in [2.24, 2.45) is 0 Å². The third kappa shape index (κ3) is 15.8. The van der Waals surface area contributed by atoms with E-state index in [1.165, 1.54) is 103 Å². The number of carbonyl (C=O) groups excluding carboxylic acids is 2. The van der Waals surface area contributed by atoms with Crippen LogP contribution < -0.4 is 0 Å². The van der Waals surface area contributed by atoms with E-state index >= 15 is 0 Å². The molecule has 4 heteroatoms. The predicted octanol–water partition coefficient (Wildman–Crippen LogP) is 8.75. The van der Waals surface area contributed by atoms with Crippen molar-refractivity contribution in [3.8, 4) is 0 Å². The van der Waals surface area contributed by atoms with Gasteiger partial charge in [-0.1, -0.05) is 129 Å². The van der Waals surface area contributed by atoms with Gasteiger partial charge in [-0.15, -0.1) is 0 Å². The Hall–Kier alpha value is -1.06. The quantitative estimate of drug-likeness (QED) is 0.109. The van der Waals surface area contributed by atoms with Gasteiger partial charge in [-0.3, -0.25) is 4.79 Å². The largest absolute Gasteiger partial charge is 0.464 e. The Morgan fingerprint density at radius 2 is 1.09 bits per heavy atom. The third-order valence-corrected chi connectivity index (χ3v) is 7.33. The highest BCUT2D eigenvalue weighted by atomic mass is 16.5. The highest BCUT2D eigenvalue weighted by Gasteiger charge is 2.34. The molecule has 0 spiro atoms. The monoisotopic (exact) mass is 479 g/mol. The number of ether oxygens (including phenoxy) is 1. The first-order valence-electron chi connectivity index (χ1n) is 15.2. The maximum absolute atomic E-state index is 12.5. The summed E-state index contributed by atoms with van der Waals surface area (Å²) in [5.74, 6) is -0.0369. The van der Waals surface area contributed by atoms with Gasteiger partial charge in [-0.2, -0.15) is 0 Å². The Bertz CT molecular complexity index is 493. The molecule has 0 radical (unpaired) electrons. The van der Waals surface area contributed by atoms with Crippen molar-refractivity contribution in [3.05, 3.63) is 0 Å². The van der Waals surface area contributed by atoms with Crippen LogP contribution in [0.25, 0.3) is 0 Å². The van der Waals surface area contributed by atoms with Crippen LogP contribution in [0.5, 0.6) is 0 Å². The summed E-state index contributed by atoms with van der Waals surface area (Å²) in [6.07, 6.45) is 28.0. The zero-order chi connectivity index (χ0) is 24.7. The molecule has 1 atom stereocenters. The molecule has 0 N–H and O–H groups in total. The van der Waals surface area contributed by atoms with Crippen LogP contribution in [0.2, 0.25) is 0 Å². The zero-order valence-corrected chi connectivity index (χ0v) is 22.9. The van der Waals surface area contributed by atoms with Crippen LogP contribution in [0, 0.1) is 0 Å². The molecule has 200 valence electrons. The van der Waals surface area contributed by atoms with Gasteiger partial charge in [0.05, 0.1) is 6.61 Å². The summed E-state index contributed by atoms with van der Waals surface area (Å²) in [6.45, 7) is 5.70. The minimum Gasteiger partial charge on any atom is -0.464 e. The molecular weight excluding hydrogens is 422 g/mol. The highest BCUT2D eigenvalue weighted by molar-refractivity contribution is 5.85. The lowest BCUT2D eigenvalue weighted by molar-refractivity contribution is -0.153. The van der Waals surface area contributed by atoms with Crippen molar-refractivity contribution in [2.75, 3.05) is 13.2 Å². The Kier molecular flexibility index (Phi) is 20.4. The van der Waals surface area contributed by atoms with Crippen LogP contribution in [-0.4, -0.2) is 36.0 Å². The fraction of sp³-hybridized carbons (Fsp3) is 0.933. The van der Waals surface area contributed by atoms with E-state index in [9.17, 15) is 9.59 Å². The van der Waals surface area contributed by atoms with Gasteiger partial charge in [0.25, 0.3) is 0 Å². The third-order valence-electron chi connectivity index (χ3n) is 7.33. The molecule has 0 aromatic carbocycles. The van der Waals surface area contributed by atoms with Gasteiger partial charge in [0, 0.05) is 13.0 Å². The van der Waals surface area contributed by atoms with Gasteiger partial charge in [0.1, 0.15) is 6.04 Å². The van der Waals surface area contributed by atoms with Crippen molar-refractivity contribution in [1.29, 1.82) is 0 Å². The van der Waals surface area contributed by atoms with Crippen molar-refractivity contribution in [3.63, 3.8) is 0 Å². The maximum atomic E-state index is 12.5. The molecular formula is C30H57NO3. The first-order valence-corrected chi connectivity index (χ1v) is 15.2. The molecule has 34 heavy (non-hydrogen) atoms. The summed E-state index contributed by atoms with van der Waals surface area (Å²) in [4.78, 5) is 26.8. The van der Waals surface area contributed by atoms with Crippen LogP contribution >= 0.6 is 0 Å². The Labute approximate surface area is 212 Å². The van der Waals surface area contributed by atoms with Crippen LogP contribution in [0.3, 0.4) is 0 Å². The number of carbonyl (C=O) groups is 2.